The van der Waals surface area contributed by atoms with Gasteiger partial charge in [0, 0.05) is 13.1 Å². The largest absolute Gasteiger partial charge is 0.469 e. The molecule has 2 heterocycles. The van der Waals surface area contributed by atoms with Crippen LogP contribution in [0.1, 0.15) is 34.5 Å². The Kier molecular flexibility index (Phi) is 5.92. The number of carbonyl (C=O) groups excluding carboxylic acids is 1. The molecule has 3 rings (SSSR count). The highest BCUT2D eigenvalue weighted by atomic mass is 16.3. The lowest BCUT2D eigenvalue weighted by molar-refractivity contribution is 0.0699. The molecular weight excluding hydrogens is 312 g/mol. The lowest BCUT2D eigenvalue weighted by atomic mass is 9.96. The van der Waals surface area contributed by atoms with Gasteiger partial charge in [-0.2, -0.15) is 0 Å². The average molecular weight is 340 g/mol. The van der Waals surface area contributed by atoms with Crippen LogP contribution < -0.4 is 0 Å². The lowest BCUT2D eigenvalue weighted by Gasteiger charge is -2.33. The number of rotatable bonds is 6. The fourth-order valence-electron chi connectivity index (χ4n) is 3.52. The molecule has 1 aliphatic heterocycles. The summed E-state index contributed by atoms with van der Waals surface area (Å²) in [5, 5.41) is 0. The monoisotopic (exact) mass is 340 g/mol. The molecule has 0 N–H and O–H groups in total. The Morgan fingerprint density at radius 1 is 1.20 bits per heavy atom. The van der Waals surface area contributed by atoms with Crippen molar-refractivity contribution in [1.82, 2.24) is 9.80 Å². The zero-order valence-corrected chi connectivity index (χ0v) is 15.3. The maximum Gasteiger partial charge on any atom is 0.257 e. The number of hydrogen-bond acceptors (Lipinski definition) is 3. The summed E-state index contributed by atoms with van der Waals surface area (Å²) in [4.78, 5) is 17.4. The molecule has 0 unspecified atom stereocenters. The second kappa shape index (κ2) is 8.34. The summed E-state index contributed by atoms with van der Waals surface area (Å²) < 4.78 is 5.35. The highest BCUT2D eigenvalue weighted by molar-refractivity contribution is 5.95. The molecular formula is C21H28N2O2. The van der Waals surface area contributed by atoms with E-state index >= 15 is 0 Å². The molecule has 0 aliphatic carbocycles. The molecule has 0 radical (unpaired) electrons. The maximum absolute atomic E-state index is 13.0. The predicted octanol–water partition coefficient (Wildman–Crippen LogP) is 3.61. The van der Waals surface area contributed by atoms with Crippen LogP contribution >= 0.6 is 0 Å². The second-order valence-electron chi connectivity index (χ2n) is 7.12. The van der Waals surface area contributed by atoms with E-state index in [4.69, 9.17) is 4.42 Å². The van der Waals surface area contributed by atoms with E-state index < -0.39 is 0 Å². The zero-order chi connectivity index (χ0) is 17.6. The van der Waals surface area contributed by atoms with Crippen LogP contribution in [0.3, 0.4) is 0 Å². The van der Waals surface area contributed by atoms with Gasteiger partial charge in [0.1, 0.15) is 5.76 Å². The van der Waals surface area contributed by atoms with Crippen molar-refractivity contribution in [1.29, 1.82) is 0 Å². The molecule has 0 saturated carbocycles. The van der Waals surface area contributed by atoms with Gasteiger partial charge < -0.3 is 14.2 Å². The highest BCUT2D eigenvalue weighted by Gasteiger charge is 2.24. The fourth-order valence-corrected chi connectivity index (χ4v) is 3.52. The first-order chi connectivity index (χ1) is 12.1. The van der Waals surface area contributed by atoms with Crippen molar-refractivity contribution in [3.63, 3.8) is 0 Å². The molecule has 1 aromatic heterocycles. The van der Waals surface area contributed by atoms with E-state index in [1.807, 2.05) is 17.9 Å². The van der Waals surface area contributed by atoms with Gasteiger partial charge in [0.15, 0.2) is 0 Å². The van der Waals surface area contributed by atoms with E-state index in [0.29, 0.717) is 17.2 Å². The minimum atomic E-state index is 0.0982. The summed E-state index contributed by atoms with van der Waals surface area (Å²) in [7, 11) is 2.17. The number of nitrogens with zero attached hydrogens (tertiary/aromatic N) is 2. The topological polar surface area (TPSA) is 36.7 Å². The third-order valence-corrected chi connectivity index (χ3v) is 5.21. The molecule has 25 heavy (non-hydrogen) atoms. The third kappa shape index (κ3) is 4.73. The summed E-state index contributed by atoms with van der Waals surface area (Å²) >= 11 is 0. The van der Waals surface area contributed by atoms with E-state index in [1.165, 1.54) is 5.56 Å². The van der Waals surface area contributed by atoms with Crippen molar-refractivity contribution < 1.29 is 9.21 Å². The number of hydrogen-bond donors (Lipinski definition) is 0. The van der Waals surface area contributed by atoms with Gasteiger partial charge in [-0.3, -0.25) is 4.79 Å². The molecule has 1 saturated heterocycles. The van der Waals surface area contributed by atoms with Crippen molar-refractivity contribution >= 4 is 5.91 Å². The van der Waals surface area contributed by atoms with Gasteiger partial charge in [0.25, 0.3) is 5.91 Å². The Morgan fingerprint density at radius 2 is 1.92 bits per heavy atom. The predicted molar refractivity (Wildman–Crippen MR) is 99.7 cm³/mol. The van der Waals surface area contributed by atoms with Crippen LogP contribution in [0.5, 0.6) is 0 Å². The Labute approximate surface area is 150 Å². The molecule has 4 nitrogen and oxygen atoms in total. The number of amides is 1. The molecule has 1 aromatic carbocycles. The summed E-state index contributed by atoms with van der Waals surface area (Å²) in [6.07, 6.45) is 4.82. The van der Waals surface area contributed by atoms with Crippen molar-refractivity contribution in [2.75, 3.05) is 33.2 Å². The van der Waals surface area contributed by atoms with Crippen molar-refractivity contribution in [3.05, 3.63) is 59.5 Å². The number of aryl methyl sites for hydroxylation is 1. The molecule has 1 amide bonds. The smallest absolute Gasteiger partial charge is 0.257 e. The summed E-state index contributed by atoms with van der Waals surface area (Å²) in [6.45, 7) is 5.69. The van der Waals surface area contributed by atoms with E-state index in [1.54, 1.807) is 12.3 Å². The zero-order valence-electron chi connectivity index (χ0n) is 15.3. The standard InChI is InChI=1S/C21H28N2O2/c1-17-20(11-15-25-17)21(24)23(14-10-18-6-4-3-5-7-18)16-19-8-12-22(2)13-9-19/h3-7,11,15,19H,8-10,12-14,16H2,1-2H3. The van der Waals surface area contributed by atoms with Crippen LogP contribution in [-0.4, -0.2) is 48.9 Å². The van der Waals surface area contributed by atoms with Crippen LogP contribution in [0, 0.1) is 12.8 Å². The van der Waals surface area contributed by atoms with Crippen LogP contribution in [0.2, 0.25) is 0 Å². The van der Waals surface area contributed by atoms with E-state index in [-0.39, 0.29) is 5.91 Å². The van der Waals surface area contributed by atoms with E-state index in [9.17, 15) is 4.79 Å². The summed E-state index contributed by atoms with van der Waals surface area (Å²) in [6, 6.07) is 12.2. The van der Waals surface area contributed by atoms with Crippen LogP contribution in [0.15, 0.2) is 47.1 Å². The van der Waals surface area contributed by atoms with Gasteiger partial charge in [-0.25, -0.2) is 0 Å². The summed E-state index contributed by atoms with van der Waals surface area (Å²) in [5.74, 6) is 1.39. The first kappa shape index (κ1) is 17.7. The van der Waals surface area contributed by atoms with Crippen LogP contribution in [-0.2, 0) is 6.42 Å². The Morgan fingerprint density at radius 3 is 2.56 bits per heavy atom. The maximum atomic E-state index is 13.0. The lowest BCUT2D eigenvalue weighted by Crippen LogP contribution is -2.40. The fraction of sp³-hybridized carbons (Fsp3) is 0.476. The normalized spacial score (nSPS) is 16.1. The van der Waals surface area contributed by atoms with Gasteiger partial charge in [-0.05, 0) is 63.9 Å². The van der Waals surface area contributed by atoms with Crippen LogP contribution in [0.4, 0.5) is 0 Å². The van der Waals surface area contributed by atoms with Crippen molar-refractivity contribution in [3.8, 4) is 0 Å². The highest BCUT2D eigenvalue weighted by Crippen LogP contribution is 2.20. The van der Waals surface area contributed by atoms with Gasteiger partial charge in [0.05, 0.1) is 11.8 Å². The number of benzene rings is 1. The molecule has 2 aromatic rings. The van der Waals surface area contributed by atoms with Gasteiger partial charge >= 0.3 is 0 Å². The molecule has 134 valence electrons. The molecule has 0 spiro atoms. The average Bonchev–Trinajstić information content (AvgIpc) is 3.06. The van der Waals surface area contributed by atoms with Gasteiger partial charge in [0.2, 0.25) is 0 Å². The third-order valence-electron chi connectivity index (χ3n) is 5.21. The van der Waals surface area contributed by atoms with E-state index in [0.717, 1.165) is 45.4 Å². The molecule has 4 heteroatoms. The van der Waals surface area contributed by atoms with Crippen molar-refractivity contribution in [2.45, 2.75) is 26.2 Å². The first-order valence-electron chi connectivity index (χ1n) is 9.19. The summed E-state index contributed by atoms with van der Waals surface area (Å²) in [5.41, 5.74) is 1.97. The van der Waals surface area contributed by atoms with E-state index in [2.05, 4.69) is 36.2 Å². The Balaban J connectivity index is 1.68. The minimum absolute atomic E-state index is 0.0982. The van der Waals surface area contributed by atoms with Crippen molar-refractivity contribution in [2.24, 2.45) is 5.92 Å². The molecule has 1 fully saturated rings. The number of piperidine rings is 1. The number of likely N-dealkylation sites (tertiary alicyclic amines) is 1. The number of carbonyl (C=O) groups is 1. The first-order valence-corrected chi connectivity index (χ1v) is 9.19. The minimum Gasteiger partial charge on any atom is -0.469 e. The van der Waals surface area contributed by atoms with Crippen LogP contribution in [0.25, 0.3) is 0 Å². The Hall–Kier alpha value is -2.07. The number of furan rings is 1. The molecule has 0 bridgehead atoms. The molecule has 0 atom stereocenters. The SMILES string of the molecule is Cc1occc1C(=O)N(CCc1ccccc1)CC1CCN(C)CC1. The molecule has 1 aliphatic rings. The van der Waals surface area contributed by atoms with Gasteiger partial charge in [-0.1, -0.05) is 30.3 Å². The Bertz CT molecular complexity index is 672. The second-order valence-corrected chi connectivity index (χ2v) is 7.12. The quantitative estimate of drug-likeness (QED) is 0.806. The van der Waals surface area contributed by atoms with Gasteiger partial charge in [-0.15, -0.1) is 0 Å².